The molecule has 1 aliphatic heterocycles. The highest BCUT2D eigenvalue weighted by Gasteiger charge is 2.25. The van der Waals surface area contributed by atoms with Crippen molar-refractivity contribution in [1.82, 2.24) is 29.5 Å². The van der Waals surface area contributed by atoms with Crippen LogP contribution in [-0.4, -0.2) is 82.9 Å². The second-order valence-electron chi connectivity index (χ2n) is 8.96. The minimum Gasteiger partial charge on any atom is -0.383 e. The average Bonchev–Trinajstić information content (AvgIpc) is 3.19. The van der Waals surface area contributed by atoms with Gasteiger partial charge in [-0.05, 0) is 50.5 Å². The summed E-state index contributed by atoms with van der Waals surface area (Å²) < 4.78 is 16.5. The molecule has 1 fully saturated rings. The van der Waals surface area contributed by atoms with Crippen LogP contribution in [0.4, 0.5) is 16.2 Å². The van der Waals surface area contributed by atoms with Gasteiger partial charge in [0.2, 0.25) is 5.95 Å². The predicted molar refractivity (Wildman–Crippen MR) is 139 cm³/mol. The zero-order valence-electron chi connectivity index (χ0n) is 19.8. The van der Waals surface area contributed by atoms with Gasteiger partial charge in [-0.2, -0.15) is 4.98 Å². The van der Waals surface area contributed by atoms with Crippen LogP contribution in [0.25, 0.3) is 28.0 Å². The van der Waals surface area contributed by atoms with Crippen LogP contribution in [0.5, 0.6) is 0 Å². The van der Waals surface area contributed by atoms with Crippen molar-refractivity contribution in [2.75, 3.05) is 64.0 Å². The third-order valence-electron chi connectivity index (χ3n) is 6.28. The van der Waals surface area contributed by atoms with E-state index in [0.717, 1.165) is 45.0 Å². The van der Waals surface area contributed by atoms with Crippen molar-refractivity contribution in [3.63, 3.8) is 0 Å². The summed E-state index contributed by atoms with van der Waals surface area (Å²) in [7, 11) is 4.16. The Bertz CT molecular complexity index is 1330. The maximum Gasteiger partial charge on any atom is 0.228 e. The van der Waals surface area contributed by atoms with Crippen LogP contribution >= 0.6 is 11.6 Å². The van der Waals surface area contributed by atoms with Crippen molar-refractivity contribution in [3.05, 3.63) is 59.4 Å². The minimum atomic E-state index is -0.370. The van der Waals surface area contributed by atoms with Gasteiger partial charge in [-0.1, -0.05) is 23.7 Å². The highest BCUT2D eigenvalue weighted by molar-refractivity contribution is 6.30. The van der Waals surface area contributed by atoms with Crippen LogP contribution in [0.15, 0.2) is 48.5 Å². The number of piperazine rings is 1. The van der Waals surface area contributed by atoms with Gasteiger partial charge in [0, 0.05) is 49.9 Å². The zero-order chi connectivity index (χ0) is 24.5. The number of hydrogen-bond donors (Lipinski definition) is 1. The molecule has 2 N–H and O–H groups in total. The number of nitrogens with two attached hydrogens (primary N) is 1. The second kappa shape index (κ2) is 9.77. The second-order valence-corrected chi connectivity index (χ2v) is 9.39. The van der Waals surface area contributed by atoms with Gasteiger partial charge in [0.25, 0.3) is 0 Å². The molecule has 0 amide bonds. The van der Waals surface area contributed by atoms with Crippen LogP contribution in [-0.2, 0) is 0 Å². The maximum atomic E-state index is 14.9. The topological polar surface area (TPSA) is 79.3 Å². The average molecular weight is 495 g/mol. The summed E-state index contributed by atoms with van der Waals surface area (Å²) in [6.45, 7) is 5.41. The van der Waals surface area contributed by atoms with Crippen LogP contribution < -0.4 is 10.6 Å². The third kappa shape index (κ3) is 4.80. The molecule has 0 saturated carbocycles. The van der Waals surface area contributed by atoms with Crippen molar-refractivity contribution in [3.8, 4) is 16.9 Å². The number of nitrogens with zero attached hydrogens (tertiary/aromatic N) is 7. The smallest absolute Gasteiger partial charge is 0.228 e. The summed E-state index contributed by atoms with van der Waals surface area (Å²) in [5, 5.41) is 5.82. The van der Waals surface area contributed by atoms with Crippen LogP contribution in [0, 0.1) is 5.82 Å². The first-order valence-corrected chi connectivity index (χ1v) is 12.0. The number of benzene rings is 2. The minimum absolute atomic E-state index is 0.348. The molecule has 0 spiro atoms. The van der Waals surface area contributed by atoms with Crippen LogP contribution in [0.2, 0.25) is 5.02 Å². The van der Waals surface area contributed by atoms with Crippen LogP contribution in [0.3, 0.4) is 0 Å². The van der Waals surface area contributed by atoms with E-state index in [1.54, 1.807) is 35.0 Å². The molecule has 8 nitrogen and oxygen atoms in total. The molecule has 1 aliphatic rings. The SMILES string of the molecule is CN(C)CCN1CCN(c2nc(-c3ccccc3F)c3c(N)n(-c4ccc(Cl)cc4)nc3n2)CC1. The van der Waals surface area contributed by atoms with Crippen molar-refractivity contribution in [2.45, 2.75) is 0 Å². The number of aromatic nitrogens is 4. The lowest BCUT2D eigenvalue weighted by molar-refractivity contribution is 0.229. The molecule has 5 rings (SSSR count). The fourth-order valence-corrected chi connectivity index (χ4v) is 4.41. The maximum absolute atomic E-state index is 14.9. The normalized spacial score (nSPS) is 14.8. The van der Waals surface area contributed by atoms with E-state index in [1.807, 2.05) is 12.1 Å². The molecule has 4 aromatic rings. The molecule has 0 aliphatic carbocycles. The molecule has 3 heterocycles. The van der Waals surface area contributed by atoms with Gasteiger partial charge in [0.05, 0.1) is 16.8 Å². The highest BCUT2D eigenvalue weighted by Crippen LogP contribution is 2.34. The fourth-order valence-electron chi connectivity index (χ4n) is 4.28. The fraction of sp³-hybridized carbons (Fsp3) is 0.320. The molecule has 2 aromatic carbocycles. The standard InChI is InChI=1S/C25H28ClFN8/c1-32(2)11-12-33-13-15-34(16-14-33)25-29-22(19-5-3-4-6-20(19)27)21-23(28)35(31-24(21)30-25)18-9-7-17(26)8-10-18/h3-10H,11-16,28H2,1-2H3. The van der Waals surface area contributed by atoms with E-state index in [-0.39, 0.29) is 5.82 Å². The van der Waals surface area contributed by atoms with Gasteiger partial charge >= 0.3 is 0 Å². The third-order valence-corrected chi connectivity index (χ3v) is 6.53. The molecule has 0 unspecified atom stereocenters. The quantitative estimate of drug-likeness (QED) is 0.439. The van der Waals surface area contributed by atoms with E-state index in [2.05, 4.69) is 33.9 Å². The Morgan fingerprint density at radius 3 is 2.40 bits per heavy atom. The Morgan fingerprint density at radius 2 is 1.71 bits per heavy atom. The number of anilines is 2. The molecule has 0 radical (unpaired) electrons. The van der Waals surface area contributed by atoms with E-state index < -0.39 is 0 Å². The first kappa shape index (κ1) is 23.5. The van der Waals surface area contributed by atoms with Gasteiger partial charge in [-0.25, -0.2) is 14.1 Å². The number of hydrogen-bond acceptors (Lipinski definition) is 7. The summed E-state index contributed by atoms with van der Waals surface area (Å²) >= 11 is 6.06. The molecule has 0 atom stereocenters. The number of rotatable bonds is 6. The van der Waals surface area contributed by atoms with Crippen molar-refractivity contribution >= 4 is 34.4 Å². The molecule has 182 valence electrons. The van der Waals surface area contributed by atoms with Crippen molar-refractivity contribution in [1.29, 1.82) is 0 Å². The Hall–Kier alpha value is -3.27. The van der Waals surface area contributed by atoms with Crippen LogP contribution in [0.1, 0.15) is 0 Å². The monoisotopic (exact) mass is 494 g/mol. The summed E-state index contributed by atoms with van der Waals surface area (Å²) in [6, 6.07) is 13.8. The summed E-state index contributed by atoms with van der Waals surface area (Å²) in [5.41, 5.74) is 8.51. The summed E-state index contributed by atoms with van der Waals surface area (Å²) in [4.78, 5) is 16.3. The van der Waals surface area contributed by atoms with E-state index in [1.165, 1.54) is 6.07 Å². The van der Waals surface area contributed by atoms with E-state index in [0.29, 0.717) is 39.1 Å². The highest BCUT2D eigenvalue weighted by atomic mass is 35.5. The summed E-state index contributed by atoms with van der Waals surface area (Å²) in [6.07, 6.45) is 0. The predicted octanol–water partition coefficient (Wildman–Crippen LogP) is 3.54. The molecule has 1 saturated heterocycles. The number of halogens is 2. The van der Waals surface area contributed by atoms with E-state index >= 15 is 0 Å². The molecule has 10 heteroatoms. The van der Waals surface area contributed by atoms with Gasteiger partial charge in [-0.15, -0.1) is 5.10 Å². The number of nitrogen functional groups attached to an aromatic ring is 1. The Kier molecular flexibility index (Phi) is 6.55. The first-order valence-electron chi connectivity index (χ1n) is 11.6. The van der Waals surface area contributed by atoms with Gasteiger partial charge in [-0.3, -0.25) is 4.90 Å². The molecule has 0 bridgehead atoms. The Morgan fingerprint density at radius 1 is 1.00 bits per heavy atom. The number of fused-ring (bicyclic) bond motifs is 1. The zero-order valence-corrected chi connectivity index (χ0v) is 20.6. The van der Waals surface area contributed by atoms with Gasteiger partial charge in [0.1, 0.15) is 11.6 Å². The van der Waals surface area contributed by atoms with E-state index in [4.69, 9.17) is 27.3 Å². The molecular weight excluding hydrogens is 467 g/mol. The summed E-state index contributed by atoms with van der Waals surface area (Å²) in [5.74, 6) is 0.509. The lowest BCUT2D eigenvalue weighted by Gasteiger charge is -2.35. The largest absolute Gasteiger partial charge is 0.383 e. The van der Waals surface area contributed by atoms with E-state index in [9.17, 15) is 4.39 Å². The molecular formula is C25H28ClFN8. The van der Waals surface area contributed by atoms with Crippen molar-refractivity contribution < 1.29 is 4.39 Å². The van der Waals surface area contributed by atoms with Gasteiger partial charge in [0.15, 0.2) is 5.65 Å². The van der Waals surface area contributed by atoms with Crippen molar-refractivity contribution in [2.24, 2.45) is 0 Å². The lowest BCUT2D eigenvalue weighted by atomic mass is 10.1. The lowest BCUT2D eigenvalue weighted by Crippen LogP contribution is -2.48. The molecule has 35 heavy (non-hydrogen) atoms. The number of likely N-dealkylation sites (N-methyl/N-ethyl adjacent to an activating group) is 1. The molecule has 2 aromatic heterocycles. The van der Waals surface area contributed by atoms with Gasteiger partial charge < -0.3 is 15.5 Å². The first-order chi connectivity index (χ1) is 16.9. The Balaban J connectivity index is 1.56. The Labute approximate surface area is 208 Å².